The van der Waals surface area contributed by atoms with Crippen molar-refractivity contribution in [3.05, 3.63) is 44.9 Å². The van der Waals surface area contributed by atoms with E-state index in [4.69, 9.17) is 0 Å². The molecule has 0 radical (unpaired) electrons. The van der Waals surface area contributed by atoms with Crippen LogP contribution in [0.25, 0.3) is 0 Å². The lowest BCUT2D eigenvalue weighted by molar-refractivity contribution is -0.113. The number of nitrogens with zero attached hydrogens (tertiary/aromatic N) is 1. The van der Waals surface area contributed by atoms with Gasteiger partial charge < -0.3 is 5.32 Å². The molecule has 0 fully saturated rings. The number of carbonyl (C=O) groups excluding carboxylic acids is 1. The topological polar surface area (TPSA) is 42.0 Å². The summed E-state index contributed by atoms with van der Waals surface area (Å²) in [6.07, 6.45) is 4.57. The molecule has 0 atom stereocenters. The molecule has 0 unspecified atom stereocenters. The third-order valence-corrected chi connectivity index (χ3v) is 5.03. The Labute approximate surface area is 135 Å². The van der Waals surface area contributed by atoms with Crippen LogP contribution in [-0.2, 0) is 11.2 Å². The average Bonchev–Trinajstić information content (AvgIpc) is 2.81. The average molecular weight is 371 g/mol. The number of aromatic nitrogens is 1. The van der Waals surface area contributed by atoms with E-state index in [9.17, 15) is 4.79 Å². The largest absolute Gasteiger partial charge is 0.301 e. The zero-order chi connectivity index (χ0) is 14.5. The molecular formula is C14H15BrN2OS2. The lowest BCUT2D eigenvalue weighted by atomic mass is 10.1. The fourth-order valence-electron chi connectivity index (χ4n) is 1.75. The lowest BCUT2D eigenvalue weighted by Gasteiger charge is -2.02. The van der Waals surface area contributed by atoms with Crippen LogP contribution in [0.3, 0.4) is 0 Å². The maximum absolute atomic E-state index is 11.5. The highest BCUT2D eigenvalue weighted by molar-refractivity contribution is 9.10. The molecule has 0 saturated heterocycles. The van der Waals surface area contributed by atoms with Gasteiger partial charge in [-0.3, -0.25) is 4.79 Å². The summed E-state index contributed by atoms with van der Waals surface area (Å²) in [5.41, 5.74) is 2.47. The predicted octanol–water partition coefficient (Wildman–Crippen LogP) is 4.11. The van der Waals surface area contributed by atoms with E-state index in [1.165, 1.54) is 34.2 Å². The Morgan fingerprint density at radius 2 is 2.30 bits per heavy atom. The van der Waals surface area contributed by atoms with Crippen LogP contribution in [0, 0.1) is 6.92 Å². The van der Waals surface area contributed by atoms with Crippen molar-refractivity contribution in [3.8, 4) is 0 Å². The predicted molar refractivity (Wildman–Crippen MR) is 90.8 cm³/mol. The lowest BCUT2D eigenvalue weighted by Crippen LogP contribution is -2.13. The standard InChI is InChI=1S/C14H15BrN2OS2/c1-9-5-10(3-4-12(9)15)6-11-7-16-14(20-11)17-13(18)8-19-2/h3-5,7H,6,8H2,1-2H3,(H,16,17,18). The molecule has 0 saturated carbocycles. The number of thiazole rings is 1. The van der Waals surface area contributed by atoms with Crippen molar-refractivity contribution in [1.82, 2.24) is 4.98 Å². The van der Waals surface area contributed by atoms with Crippen molar-refractivity contribution in [2.24, 2.45) is 0 Å². The first-order valence-electron chi connectivity index (χ1n) is 6.07. The number of rotatable bonds is 5. The van der Waals surface area contributed by atoms with Gasteiger partial charge in [0.05, 0.1) is 5.75 Å². The molecule has 2 rings (SSSR count). The number of nitrogens with one attached hydrogen (secondary N) is 1. The number of hydrogen-bond acceptors (Lipinski definition) is 4. The van der Waals surface area contributed by atoms with Crippen molar-refractivity contribution in [2.45, 2.75) is 13.3 Å². The molecular weight excluding hydrogens is 356 g/mol. The Morgan fingerprint density at radius 3 is 3.00 bits per heavy atom. The zero-order valence-corrected chi connectivity index (χ0v) is 14.5. The summed E-state index contributed by atoms with van der Waals surface area (Å²) in [4.78, 5) is 16.9. The van der Waals surface area contributed by atoms with Crippen LogP contribution in [-0.4, -0.2) is 22.9 Å². The van der Waals surface area contributed by atoms with E-state index in [-0.39, 0.29) is 5.91 Å². The Bertz CT molecular complexity index is 613. The van der Waals surface area contributed by atoms with E-state index < -0.39 is 0 Å². The highest BCUT2D eigenvalue weighted by Crippen LogP contribution is 2.23. The summed E-state index contributed by atoms with van der Waals surface area (Å²) in [6.45, 7) is 2.08. The smallest absolute Gasteiger partial charge is 0.236 e. The van der Waals surface area contributed by atoms with Gasteiger partial charge in [0.2, 0.25) is 5.91 Å². The highest BCUT2D eigenvalue weighted by atomic mass is 79.9. The number of anilines is 1. The van der Waals surface area contributed by atoms with Gasteiger partial charge in [-0.1, -0.05) is 28.1 Å². The van der Waals surface area contributed by atoms with Crippen LogP contribution < -0.4 is 5.32 Å². The van der Waals surface area contributed by atoms with E-state index in [0.717, 1.165) is 15.8 Å². The molecule has 1 N–H and O–H groups in total. The van der Waals surface area contributed by atoms with Crippen LogP contribution in [0.5, 0.6) is 0 Å². The van der Waals surface area contributed by atoms with Crippen LogP contribution in [0.4, 0.5) is 5.13 Å². The van der Waals surface area contributed by atoms with Gasteiger partial charge in [-0.25, -0.2) is 4.98 Å². The summed E-state index contributed by atoms with van der Waals surface area (Å²) in [6, 6.07) is 6.32. The minimum Gasteiger partial charge on any atom is -0.301 e. The highest BCUT2D eigenvalue weighted by Gasteiger charge is 2.07. The van der Waals surface area contributed by atoms with E-state index in [0.29, 0.717) is 10.9 Å². The fourth-order valence-corrected chi connectivity index (χ4v) is 3.20. The molecule has 1 heterocycles. The summed E-state index contributed by atoms with van der Waals surface area (Å²) < 4.78 is 1.12. The Morgan fingerprint density at radius 1 is 1.50 bits per heavy atom. The van der Waals surface area contributed by atoms with Gasteiger partial charge in [0.25, 0.3) is 0 Å². The van der Waals surface area contributed by atoms with Crippen molar-refractivity contribution < 1.29 is 4.79 Å². The van der Waals surface area contributed by atoms with E-state index in [1.54, 1.807) is 0 Å². The normalized spacial score (nSPS) is 10.6. The second-order valence-electron chi connectivity index (χ2n) is 4.37. The number of aryl methyl sites for hydroxylation is 1. The Balaban J connectivity index is 2.02. The minimum atomic E-state index is -0.00196. The molecule has 6 heteroatoms. The van der Waals surface area contributed by atoms with Gasteiger partial charge >= 0.3 is 0 Å². The molecule has 20 heavy (non-hydrogen) atoms. The van der Waals surface area contributed by atoms with Gasteiger partial charge in [-0.2, -0.15) is 11.8 Å². The molecule has 1 amide bonds. The van der Waals surface area contributed by atoms with E-state index >= 15 is 0 Å². The van der Waals surface area contributed by atoms with Gasteiger partial charge in [0.15, 0.2) is 5.13 Å². The zero-order valence-electron chi connectivity index (χ0n) is 11.3. The van der Waals surface area contributed by atoms with Gasteiger partial charge in [-0.15, -0.1) is 11.3 Å². The Kier molecular flexibility index (Phi) is 5.63. The van der Waals surface area contributed by atoms with Crippen molar-refractivity contribution >= 4 is 50.1 Å². The molecule has 2 aromatic rings. The molecule has 0 aliphatic heterocycles. The van der Waals surface area contributed by atoms with Crippen molar-refractivity contribution in [1.29, 1.82) is 0 Å². The maximum Gasteiger partial charge on any atom is 0.236 e. The van der Waals surface area contributed by atoms with Crippen LogP contribution in [0.15, 0.2) is 28.9 Å². The van der Waals surface area contributed by atoms with Gasteiger partial charge in [-0.05, 0) is 30.4 Å². The van der Waals surface area contributed by atoms with Crippen LogP contribution in [0.2, 0.25) is 0 Å². The molecule has 106 valence electrons. The number of hydrogen-bond donors (Lipinski definition) is 1. The summed E-state index contributed by atoms with van der Waals surface area (Å²) in [7, 11) is 0. The fraction of sp³-hybridized carbons (Fsp3) is 0.286. The molecule has 1 aromatic heterocycles. The minimum absolute atomic E-state index is 0.00196. The second kappa shape index (κ2) is 7.24. The number of benzene rings is 1. The molecule has 0 bridgehead atoms. The first kappa shape index (κ1) is 15.5. The number of carbonyl (C=O) groups is 1. The van der Waals surface area contributed by atoms with Crippen LogP contribution in [0.1, 0.15) is 16.0 Å². The maximum atomic E-state index is 11.5. The molecule has 1 aromatic carbocycles. The van der Waals surface area contributed by atoms with Crippen molar-refractivity contribution in [2.75, 3.05) is 17.3 Å². The SMILES string of the molecule is CSCC(=O)Nc1ncc(Cc2ccc(Br)c(C)c2)s1. The Hall–Kier alpha value is -0.850. The monoisotopic (exact) mass is 370 g/mol. The molecule has 0 spiro atoms. The van der Waals surface area contributed by atoms with Crippen LogP contribution >= 0.6 is 39.0 Å². The number of halogens is 1. The van der Waals surface area contributed by atoms with Gasteiger partial charge in [0.1, 0.15) is 0 Å². The van der Waals surface area contributed by atoms with E-state index in [1.807, 2.05) is 12.5 Å². The molecule has 3 nitrogen and oxygen atoms in total. The summed E-state index contributed by atoms with van der Waals surface area (Å²) in [5, 5.41) is 3.48. The number of thioether (sulfide) groups is 1. The molecule has 0 aliphatic rings. The summed E-state index contributed by atoms with van der Waals surface area (Å²) >= 11 is 6.53. The molecule has 0 aliphatic carbocycles. The third-order valence-electron chi connectivity index (χ3n) is 2.68. The summed E-state index contributed by atoms with van der Waals surface area (Å²) in [5.74, 6) is 0.457. The van der Waals surface area contributed by atoms with E-state index in [2.05, 4.69) is 51.4 Å². The third kappa shape index (κ3) is 4.33. The quantitative estimate of drug-likeness (QED) is 0.860. The van der Waals surface area contributed by atoms with Crippen molar-refractivity contribution in [3.63, 3.8) is 0 Å². The van der Waals surface area contributed by atoms with Gasteiger partial charge in [0, 0.05) is 22.0 Å². The first-order chi connectivity index (χ1) is 9.58. The number of amides is 1. The first-order valence-corrected chi connectivity index (χ1v) is 9.07. The second-order valence-corrected chi connectivity index (χ2v) is 7.21.